The van der Waals surface area contributed by atoms with Gasteiger partial charge < -0.3 is 4.42 Å². The second-order valence-corrected chi connectivity index (χ2v) is 7.13. The Labute approximate surface area is 168 Å². The van der Waals surface area contributed by atoms with Crippen molar-refractivity contribution in [2.24, 2.45) is 16.1 Å². The average Bonchev–Trinajstić information content (AvgIpc) is 3.24. The van der Waals surface area contributed by atoms with Crippen LogP contribution in [-0.4, -0.2) is 23.7 Å². The summed E-state index contributed by atoms with van der Waals surface area (Å²) < 4.78 is 6.41. The molecule has 140 valence electrons. The standard InChI is InChI=1S/C20H15BrN4O3/c1-12-16(20(27)25(24-12)15-5-3-2-4-6-15)11-22-23-19(26)18-10-13-9-14(21)7-8-17(13)28-18/h2-11,16H,1H3,(H,23,26)/b22-11+/t16-/m0/s1. The summed E-state index contributed by atoms with van der Waals surface area (Å²) in [4.78, 5) is 24.9. The Morgan fingerprint density at radius 1 is 1.25 bits per heavy atom. The van der Waals surface area contributed by atoms with Gasteiger partial charge in [0.05, 0.1) is 11.4 Å². The van der Waals surface area contributed by atoms with E-state index in [-0.39, 0.29) is 11.7 Å². The fraction of sp³-hybridized carbons (Fsp3) is 0.100. The van der Waals surface area contributed by atoms with Crippen molar-refractivity contribution in [1.29, 1.82) is 0 Å². The van der Waals surface area contributed by atoms with Crippen LogP contribution in [0.1, 0.15) is 17.5 Å². The molecule has 0 bridgehead atoms. The Morgan fingerprint density at radius 2 is 2.04 bits per heavy atom. The second kappa shape index (κ2) is 7.40. The Bertz CT molecular complexity index is 1120. The maximum atomic E-state index is 12.6. The number of nitrogens with zero attached hydrogens (tertiary/aromatic N) is 3. The van der Waals surface area contributed by atoms with E-state index in [9.17, 15) is 9.59 Å². The number of nitrogens with one attached hydrogen (secondary N) is 1. The third-order valence-electron chi connectivity index (χ3n) is 4.28. The maximum Gasteiger partial charge on any atom is 0.307 e. The van der Waals surface area contributed by atoms with Gasteiger partial charge in [0.2, 0.25) is 0 Å². The zero-order valence-corrected chi connectivity index (χ0v) is 16.4. The highest BCUT2D eigenvalue weighted by Crippen LogP contribution is 2.24. The number of amides is 2. The predicted molar refractivity (Wildman–Crippen MR) is 110 cm³/mol. The molecule has 8 heteroatoms. The molecule has 0 unspecified atom stereocenters. The van der Waals surface area contributed by atoms with Crippen LogP contribution >= 0.6 is 15.9 Å². The highest BCUT2D eigenvalue weighted by Gasteiger charge is 2.33. The SMILES string of the molecule is CC1=NN(c2ccccc2)C(=O)[C@H]1/C=N/NC(=O)c1cc2cc(Br)ccc2o1. The van der Waals surface area contributed by atoms with E-state index in [1.807, 2.05) is 30.3 Å². The Balaban J connectivity index is 1.45. The minimum absolute atomic E-state index is 0.138. The van der Waals surface area contributed by atoms with Crippen molar-refractivity contribution in [3.8, 4) is 0 Å². The lowest BCUT2D eigenvalue weighted by atomic mass is 10.1. The Morgan fingerprint density at radius 3 is 2.82 bits per heavy atom. The predicted octanol–water partition coefficient (Wildman–Crippen LogP) is 3.95. The number of rotatable bonds is 4. The van der Waals surface area contributed by atoms with Gasteiger partial charge in [0.1, 0.15) is 11.5 Å². The minimum atomic E-state index is -0.632. The Kier molecular flexibility index (Phi) is 4.79. The van der Waals surface area contributed by atoms with Crippen LogP contribution in [0.15, 0.2) is 73.7 Å². The zero-order chi connectivity index (χ0) is 19.7. The Hall–Kier alpha value is -3.26. The fourth-order valence-electron chi connectivity index (χ4n) is 2.86. The number of hydrogen-bond acceptors (Lipinski definition) is 5. The molecule has 0 saturated heterocycles. The highest BCUT2D eigenvalue weighted by molar-refractivity contribution is 9.10. The molecule has 2 aromatic carbocycles. The molecule has 2 amide bonds. The lowest BCUT2D eigenvalue weighted by molar-refractivity contribution is -0.118. The van der Waals surface area contributed by atoms with Crippen LogP contribution in [0.3, 0.4) is 0 Å². The van der Waals surface area contributed by atoms with Crippen LogP contribution in [0.4, 0.5) is 5.69 Å². The number of furan rings is 1. The van der Waals surface area contributed by atoms with Crippen LogP contribution in [0.2, 0.25) is 0 Å². The molecule has 1 aromatic heterocycles. The van der Waals surface area contributed by atoms with Crippen molar-refractivity contribution in [3.05, 3.63) is 64.8 Å². The normalized spacial score (nSPS) is 16.8. The van der Waals surface area contributed by atoms with E-state index in [1.165, 1.54) is 11.2 Å². The van der Waals surface area contributed by atoms with E-state index < -0.39 is 11.8 Å². The molecule has 0 saturated carbocycles. The van der Waals surface area contributed by atoms with Gasteiger partial charge in [0, 0.05) is 16.1 Å². The maximum absolute atomic E-state index is 12.6. The molecular weight excluding hydrogens is 424 g/mol. The van der Waals surface area contributed by atoms with Gasteiger partial charge in [-0.3, -0.25) is 9.59 Å². The quantitative estimate of drug-likeness (QED) is 0.493. The molecule has 1 atom stereocenters. The van der Waals surface area contributed by atoms with Gasteiger partial charge in [0.15, 0.2) is 5.76 Å². The average molecular weight is 439 g/mol. The van der Waals surface area contributed by atoms with Crippen molar-refractivity contribution in [1.82, 2.24) is 5.43 Å². The lowest BCUT2D eigenvalue weighted by Gasteiger charge is -2.12. The monoisotopic (exact) mass is 438 g/mol. The first-order valence-corrected chi connectivity index (χ1v) is 9.29. The van der Waals surface area contributed by atoms with Crippen molar-refractivity contribution >= 4 is 56.3 Å². The van der Waals surface area contributed by atoms with Gasteiger partial charge >= 0.3 is 5.91 Å². The molecule has 0 fully saturated rings. The third-order valence-corrected chi connectivity index (χ3v) is 4.77. The molecule has 1 aliphatic rings. The largest absolute Gasteiger partial charge is 0.451 e. The van der Waals surface area contributed by atoms with Crippen molar-refractivity contribution < 1.29 is 14.0 Å². The number of anilines is 1. The van der Waals surface area contributed by atoms with Crippen molar-refractivity contribution in [3.63, 3.8) is 0 Å². The van der Waals surface area contributed by atoms with Crippen LogP contribution in [0.25, 0.3) is 11.0 Å². The summed E-state index contributed by atoms with van der Waals surface area (Å²) in [7, 11) is 0. The van der Waals surface area contributed by atoms with Crippen LogP contribution < -0.4 is 10.4 Å². The van der Waals surface area contributed by atoms with Gasteiger partial charge in [-0.05, 0) is 43.3 Å². The van der Waals surface area contributed by atoms with E-state index in [1.54, 1.807) is 31.2 Å². The summed E-state index contributed by atoms with van der Waals surface area (Å²) in [6, 6.07) is 16.2. The van der Waals surface area contributed by atoms with Crippen LogP contribution in [-0.2, 0) is 4.79 Å². The third kappa shape index (κ3) is 3.46. The number of benzene rings is 2. The van der Waals surface area contributed by atoms with Gasteiger partial charge in [-0.1, -0.05) is 34.1 Å². The van der Waals surface area contributed by atoms with E-state index in [4.69, 9.17) is 4.42 Å². The molecule has 3 aromatic rings. The van der Waals surface area contributed by atoms with E-state index in [0.717, 1.165) is 9.86 Å². The summed E-state index contributed by atoms with van der Waals surface area (Å²) in [6.45, 7) is 1.75. The topological polar surface area (TPSA) is 87.3 Å². The molecular formula is C20H15BrN4O3. The molecule has 1 aliphatic heterocycles. The van der Waals surface area contributed by atoms with E-state index in [0.29, 0.717) is 17.0 Å². The van der Waals surface area contributed by atoms with Gasteiger partial charge in [-0.25, -0.2) is 5.43 Å². The molecule has 0 radical (unpaired) electrons. The smallest absolute Gasteiger partial charge is 0.307 e. The van der Waals surface area contributed by atoms with E-state index >= 15 is 0 Å². The summed E-state index contributed by atoms with van der Waals surface area (Å²) in [5.74, 6) is -1.22. The molecule has 4 rings (SSSR count). The molecule has 0 aliphatic carbocycles. The number of para-hydroxylation sites is 1. The molecule has 28 heavy (non-hydrogen) atoms. The van der Waals surface area contributed by atoms with Crippen LogP contribution in [0, 0.1) is 5.92 Å². The highest BCUT2D eigenvalue weighted by atomic mass is 79.9. The first-order valence-electron chi connectivity index (χ1n) is 8.49. The number of carbonyl (C=O) groups excluding carboxylic acids is 2. The summed E-state index contributed by atoms with van der Waals surface area (Å²) in [6.07, 6.45) is 1.38. The number of hydrazone groups is 2. The van der Waals surface area contributed by atoms with Crippen LogP contribution in [0.5, 0.6) is 0 Å². The van der Waals surface area contributed by atoms with Gasteiger partial charge in [0.25, 0.3) is 5.91 Å². The summed E-state index contributed by atoms with van der Waals surface area (Å²) >= 11 is 3.38. The number of carbonyl (C=O) groups is 2. The first kappa shape index (κ1) is 18.1. The van der Waals surface area contributed by atoms with Gasteiger partial charge in [-0.15, -0.1) is 0 Å². The van der Waals surface area contributed by atoms with Gasteiger partial charge in [-0.2, -0.15) is 15.2 Å². The van der Waals surface area contributed by atoms with Crippen molar-refractivity contribution in [2.45, 2.75) is 6.92 Å². The van der Waals surface area contributed by atoms with E-state index in [2.05, 4.69) is 31.6 Å². The zero-order valence-electron chi connectivity index (χ0n) is 14.8. The number of fused-ring (bicyclic) bond motifs is 1. The first-order chi connectivity index (χ1) is 13.5. The number of hydrogen-bond donors (Lipinski definition) is 1. The van der Waals surface area contributed by atoms with Crippen molar-refractivity contribution in [2.75, 3.05) is 5.01 Å². The molecule has 7 nitrogen and oxygen atoms in total. The number of halogens is 1. The lowest BCUT2D eigenvalue weighted by Crippen LogP contribution is -2.29. The fourth-order valence-corrected chi connectivity index (χ4v) is 3.24. The minimum Gasteiger partial charge on any atom is -0.451 e. The summed E-state index contributed by atoms with van der Waals surface area (Å²) in [5, 5.41) is 10.4. The second-order valence-electron chi connectivity index (χ2n) is 6.22. The summed E-state index contributed by atoms with van der Waals surface area (Å²) in [5.41, 5.74) is 4.28. The molecule has 0 spiro atoms. The molecule has 1 N–H and O–H groups in total. The molecule has 2 heterocycles.